The molecule has 1 fully saturated rings. The van der Waals surface area contributed by atoms with Crippen LogP contribution in [-0.2, 0) is 10.0 Å². The minimum atomic E-state index is -3.88. The molecule has 2 heterocycles. The molecule has 0 radical (unpaired) electrons. The maximum absolute atomic E-state index is 13.5. The third kappa shape index (κ3) is 3.19. The molecule has 1 aliphatic rings. The number of aromatic nitrogens is 2. The van der Waals surface area contributed by atoms with Gasteiger partial charge in [0.05, 0.1) is 13.0 Å². The van der Waals surface area contributed by atoms with E-state index < -0.39 is 15.8 Å². The lowest BCUT2D eigenvalue weighted by atomic mass is 10.0. The molecule has 0 unspecified atom stereocenters. The molecule has 4 rings (SSSR count). The summed E-state index contributed by atoms with van der Waals surface area (Å²) in [5.74, 6) is 0.0920. The normalized spacial score (nSPS) is 15.5. The fraction of sp³-hybridized carbons (Fsp3) is 0.222. The Morgan fingerprint density at radius 1 is 1.19 bits per heavy atom. The second-order valence-corrected chi connectivity index (χ2v) is 8.04. The smallest absolute Gasteiger partial charge is 0.246 e. The van der Waals surface area contributed by atoms with Crippen molar-refractivity contribution >= 4 is 10.0 Å². The van der Waals surface area contributed by atoms with Gasteiger partial charge in [-0.1, -0.05) is 35.5 Å². The maximum Gasteiger partial charge on any atom is 0.246 e. The molecule has 7 nitrogen and oxygen atoms in total. The molecule has 0 aliphatic carbocycles. The van der Waals surface area contributed by atoms with Crippen molar-refractivity contribution in [3.05, 3.63) is 60.2 Å². The molecule has 9 heteroatoms. The highest BCUT2D eigenvalue weighted by Crippen LogP contribution is 2.35. The van der Waals surface area contributed by atoms with Crippen LogP contribution in [0.2, 0.25) is 0 Å². The van der Waals surface area contributed by atoms with Crippen LogP contribution >= 0.6 is 0 Å². The van der Waals surface area contributed by atoms with Crippen LogP contribution in [0.5, 0.6) is 5.75 Å². The summed E-state index contributed by atoms with van der Waals surface area (Å²) >= 11 is 0. The molecule has 0 saturated carbocycles. The van der Waals surface area contributed by atoms with Crippen molar-refractivity contribution in [1.29, 1.82) is 0 Å². The molecule has 3 aromatic rings. The summed E-state index contributed by atoms with van der Waals surface area (Å²) in [4.78, 5) is 4.16. The number of ether oxygens (including phenoxy) is 1. The van der Waals surface area contributed by atoms with Gasteiger partial charge in [0.15, 0.2) is 0 Å². The van der Waals surface area contributed by atoms with Crippen LogP contribution in [0.1, 0.15) is 11.8 Å². The summed E-state index contributed by atoms with van der Waals surface area (Å²) in [6, 6.07) is 12.8. The van der Waals surface area contributed by atoms with Gasteiger partial charge in [0, 0.05) is 18.7 Å². The van der Waals surface area contributed by atoms with Crippen LogP contribution in [0.4, 0.5) is 4.39 Å². The average molecular weight is 389 g/mol. The largest absolute Gasteiger partial charge is 0.495 e. The van der Waals surface area contributed by atoms with E-state index in [1.807, 2.05) is 30.3 Å². The lowest BCUT2D eigenvalue weighted by Crippen LogP contribution is -2.48. The van der Waals surface area contributed by atoms with Gasteiger partial charge in [-0.05, 0) is 18.2 Å². The van der Waals surface area contributed by atoms with E-state index in [0.717, 1.165) is 17.7 Å². The van der Waals surface area contributed by atoms with Gasteiger partial charge in [-0.2, -0.15) is 9.29 Å². The van der Waals surface area contributed by atoms with E-state index in [-0.39, 0.29) is 29.7 Å². The van der Waals surface area contributed by atoms with Crippen molar-refractivity contribution in [1.82, 2.24) is 14.4 Å². The van der Waals surface area contributed by atoms with Crippen molar-refractivity contribution < 1.29 is 22.1 Å². The second-order valence-electron chi connectivity index (χ2n) is 6.14. The number of benzene rings is 2. The zero-order valence-electron chi connectivity index (χ0n) is 14.4. The van der Waals surface area contributed by atoms with Crippen LogP contribution in [0.15, 0.2) is 57.9 Å². The minimum absolute atomic E-state index is 0.101. The van der Waals surface area contributed by atoms with Crippen LogP contribution in [0, 0.1) is 5.82 Å². The van der Waals surface area contributed by atoms with E-state index in [4.69, 9.17) is 9.26 Å². The summed E-state index contributed by atoms with van der Waals surface area (Å²) in [5, 5.41) is 3.95. The van der Waals surface area contributed by atoms with Gasteiger partial charge in [-0.15, -0.1) is 0 Å². The third-order valence-electron chi connectivity index (χ3n) is 4.41. The van der Waals surface area contributed by atoms with E-state index in [0.29, 0.717) is 11.7 Å². The summed E-state index contributed by atoms with van der Waals surface area (Å²) in [5.41, 5.74) is 0.820. The van der Waals surface area contributed by atoms with Crippen molar-refractivity contribution in [3.63, 3.8) is 0 Å². The van der Waals surface area contributed by atoms with Gasteiger partial charge in [0.25, 0.3) is 0 Å². The number of halogens is 1. The topological polar surface area (TPSA) is 85.5 Å². The van der Waals surface area contributed by atoms with Crippen LogP contribution in [0.25, 0.3) is 11.4 Å². The summed E-state index contributed by atoms with van der Waals surface area (Å²) < 4.78 is 50.6. The summed E-state index contributed by atoms with van der Waals surface area (Å²) in [6.07, 6.45) is 0. The van der Waals surface area contributed by atoms with Crippen molar-refractivity contribution in [2.45, 2.75) is 10.8 Å². The van der Waals surface area contributed by atoms with Crippen LogP contribution in [-0.4, -0.2) is 43.1 Å². The molecule has 1 aliphatic heterocycles. The van der Waals surface area contributed by atoms with Gasteiger partial charge in [-0.3, -0.25) is 0 Å². The molecule has 0 atom stereocenters. The van der Waals surface area contributed by atoms with E-state index in [1.165, 1.54) is 17.5 Å². The highest BCUT2D eigenvalue weighted by Gasteiger charge is 2.41. The average Bonchev–Trinajstić information content (AvgIpc) is 3.10. The van der Waals surface area contributed by atoms with Crippen molar-refractivity contribution in [3.8, 4) is 17.1 Å². The Morgan fingerprint density at radius 2 is 1.93 bits per heavy atom. The SMILES string of the molecule is COc1ccc(F)cc1S(=O)(=O)N1CC(c2nc(-c3ccccc3)no2)C1. The predicted molar refractivity (Wildman–Crippen MR) is 94.2 cm³/mol. The van der Waals surface area contributed by atoms with Gasteiger partial charge in [0.2, 0.25) is 21.7 Å². The fourth-order valence-corrected chi connectivity index (χ4v) is 4.58. The Morgan fingerprint density at radius 3 is 2.63 bits per heavy atom. The van der Waals surface area contributed by atoms with Crippen molar-refractivity contribution in [2.24, 2.45) is 0 Å². The first kappa shape index (κ1) is 17.6. The molecule has 0 bridgehead atoms. The number of sulfonamides is 1. The molecule has 1 saturated heterocycles. The molecule has 140 valence electrons. The number of nitrogens with zero attached hydrogens (tertiary/aromatic N) is 3. The monoisotopic (exact) mass is 389 g/mol. The molecule has 27 heavy (non-hydrogen) atoms. The van der Waals surface area contributed by atoms with Gasteiger partial charge < -0.3 is 9.26 Å². The highest BCUT2D eigenvalue weighted by atomic mass is 32.2. The number of hydrogen-bond donors (Lipinski definition) is 0. The molecule has 2 aromatic carbocycles. The lowest BCUT2D eigenvalue weighted by molar-refractivity contribution is 0.216. The van der Waals surface area contributed by atoms with E-state index in [1.54, 1.807) is 0 Å². The Kier molecular flexibility index (Phi) is 4.40. The highest BCUT2D eigenvalue weighted by molar-refractivity contribution is 7.89. The second kappa shape index (κ2) is 6.75. The van der Waals surface area contributed by atoms with Gasteiger partial charge in [0.1, 0.15) is 16.5 Å². The van der Waals surface area contributed by atoms with Gasteiger partial charge in [-0.25, -0.2) is 12.8 Å². The Bertz CT molecular complexity index is 1060. The predicted octanol–water partition coefficient (Wildman–Crippen LogP) is 2.67. The standard InChI is InChI=1S/C18H16FN3O4S/c1-25-15-8-7-14(19)9-16(15)27(23,24)22-10-13(11-22)18-20-17(21-26-18)12-5-3-2-4-6-12/h2-9,13H,10-11H2,1H3. The fourth-order valence-electron chi connectivity index (χ4n) is 2.89. The van der Waals surface area contributed by atoms with E-state index >= 15 is 0 Å². The quantitative estimate of drug-likeness (QED) is 0.667. The first-order chi connectivity index (χ1) is 13.0. The first-order valence-electron chi connectivity index (χ1n) is 8.22. The molecule has 1 aromatic heterocycles. The molecule has 0 amide bonds. The lowest BCUT2D eigenvalue weighted by Gasteiger charge is -2.36. The molecule has 0 spiro atoms. The number of methoxy groups -OCH3 is 1. The molecule has 0 N–H and O–H groups in total. The summed E-state index contributed by atoms with van der Waals surface area (Å²) in [6.45, 7) is 0.358. The van der Waals surface area contributed by atoms with Crippen molar-refractivity contribution in [2.75, 3.05) is 20.2 Å². The Hall–Kier alpha value is -2.78. The molecular weight excluding hydrogens is 373 g/mol. The first-order valence-corrected chi connectivity index (χ1v) is 9.66. The summed E-state index contributed by atoms with van der Waals surface area (Å²) in [7, 11) is -2.53. The van der Waals surface area contributed by atoms with E-state index in [9.17, 15) is 12.8 Å². The Balaban J connectivity index is 1.51. The van der Waals surface area contributed by atoms with Gasteiger partial charge >= 0.3 is 0 Å². The number of hydrogen-bond acceptors (Lipinski definition) is 6. The van der Waals surface area contributed by atoms with E-state index in [2.05, 4.69) is 10.1 Å². The molecular formula is C18H16FN3O4S. The zero-order valence-corrected chi connectivity index (χ0v) is 15.2. The third-order valence-corrected chi connectivity index (χ3v) is 6.27. The maximum atomic E-state index is 13.5. The van der Waals surface area contributed by atoms with Crippen LogP contribution < -0.4 is 4.74 Å². The van der Waals surface area contributed by atoms with Crippen LogP contribution in [0.3, 0.4) is 0 Å². The zero-order chi connectivity index (χ0) is 19.0. The Labute approximate surface area is 155 Å². The number of rotatable bonds is 5. The minimum Gasteiger partial charge on any atom is -0.495 e.